The van der Waals surface area contributed by atoms with Crippen molar-refractivity contribution in [1.29, 1.82) is 0 Å². The molecule has 158 valence electrons. The van der Waals surface area contributed by atoms with Crippen molar-refractivity contribution in [2.75, 3.05) is 5.32 Å². The Bertz CT molecular complexity index is 1120. The number of carbonyl (C=O) groups excluding carboxylic acids is 2. The summed E-state index contributed by atoms with van der Waals surface area (Å²) >= 11 is 0. The molecule has 31 heavy (non-hydrogen) atoms. The molecular formula is C22H15F3N2O4. The number of amides is 2. The highest BCUT2D eigenvalue weighted by Crippen LogP contribution is 2.32. The van der Waals surface area contributed by atoms with Gasteiger partial charge in [-0.3, -0.25) is 14.5 Å². The first-order valence-corrected chi connectivity index (χ1v) is 9.13. The Morgan fingerprint density at radius 3 is 2.23 bits per heavy atom. The standard InChI is InChI=1S/C22H15F3N2O4/c23-22(24,25)31-16-10-8-15(9-11-16)26-19-18(14-5-2-1-3-6-14)20(28)27(21(19)29)13-17-7-4-12-30-17/h1-12,26H,13H2. The van der Waals surface area contributed by atoms with Crippen LogP contribution in [-0.4, -0.2) is 23.1 Å². The molecule has 0 saturated carbocycles. The maximum Gasteiger partial charge on any atom is 0.573 e. The van der Waals surface area contributed by atoms with Crippen LogP contribution in [0.5, 0.6) is 5.75 Å². The highest BCUT2D eigenvalue weighted by atomic mass is 19.4. The maximum atomic E-state index is 13.1. The van der Waals surface area contributed by atoms with E-state index in [2.05, 4.69) is 10.1 Å². The summed E-state index contributed by atoms with van der Waals surface area (Å²) in [6.45, 7) is -0.0511. The van der Waals surface area contributed by atoms with Gasteiger partial charge in [-0.1, -0.05) is 30.3 Å². The van der Waals surface area contributed by atoms with Gasteiger partial charge in [-0.2, -0.15) is 0 Å². The van der Waals surface area contributed by atoms with Gasteiger partial charge in [-0.05, 0) is 42.0 Å². The molecule has 0 bridgehead atoms. The van der Waals surface area contributed by atoms with Gasteiger partial charge >= 0.3 is 6.36 Å². The van der Waals surface area contributed by atoms with E-state index in [1.165, 1.54) is 18.4 Å². The second-order valence-electron chi connectivity index (χ2n) is 6.59. The fraction of sp³-hybridized carbons (Fsp3) is 0.0909. The van der Waals surface area contributed by atoms with Crippen LogP contribution < -0.4 is 10.1 Å². The first kappa shape index (κ1) is 20.3. The fourth-order valence-corrected chi connectivity index (χ4v) is 3.15. The number of alkyl halides is 3. The summed E-state index contributed by atoms with van der Waals surface area (Å²) in [5.41, 5.74) is 1.03. The molecule has 0 radical (unpaired) electrons. The molecule has 2 aromatic carbocycles. The number of rotatable bonds is 6. The number of hydrogen-bond donors (Lipinski definition) is 1. The van der Waals surface area contributed by atoms with Crippen LogP contribution in [0.4, 0.5) is 18.9 Å². The van der Waals surface area contributed by atoms with Crippen LogP contribution >= 0.6 is 0 Å². The van der Waals surface area contributed by atoms with E-state index < -0.39 is 23.9 Å². The number of nitrogens with one attached hydrogen (secondary N) is 1. The molecule has 0 saturated heterocycles. The highest BCUT2D eigenvalue weighted by molar-refractivity contribution is 6.36. The van der Waals surface area contributed by atoms with E-state index in [-0.39, 0.29) is 17.8 Å². The lowest BCUT2D eigenvalue weighted by molar-refractivity contribution is -0.274. The quantitative estimate of drug-likeness (QED) is 0.583. The summed E-state index contributed by atoms with van der Waals surface area (Å²) < 4.78 is 46.2. The Kier molecular flexibility index (Phi) is 5.24. The van der Waals surface area contributed by atoms with E-state index in [9.17, 15) is 22.8 Å². The molecule has 1 aromatic heterocycles. The Hall–Kier alpha value is -4.01. The largest absolute Gasteiger partial charge is 0.573 e. The van der Waals surface area contributed by atoms with Crippen molar-refractivity contribution in [3.05, 3.63) is 90.0 Å². The van der Waals surface area contributed by atoms with Crippen molar-refractivity contribution in [2.45, 2.75) is 12.9 Å². The van der Waals surface area contributed by atoms with Crippen molar-refractivity contribution in [3.63, 3.8) is 0 Å². The molecule has 0 spiro atoms. The van der Waals surface area contributed by atoms with Gasteiger partial charge in [0, 0.05) is 5.69 Å². The molecule has 1 aliphatic heterocycles. The molecule has 3 aromatic rings. The minimum absolute atomic E-state index is 0.0206. The zero-order valence-corrected chi connectivity index (χ0v) is 15.8. The van der Waals surface area contributed by atoms with Crippen molar-refractivity contribution < 1.29 is 31.9 Å². The lowest BCUT2D eigenvalue weighted by Crippen LogP contribution is -2.31. The van der Waals surface area contributed by atoms with E-state index in [1.807, 2.05) is 0 Å². The second-order valence-corrected chi connectivity index (χ2v) is 6.59. The van der Waals surface area contributed by atoms with Gasteiger partial charge in [-0.15, -0.1) is 13.2 Å². The van der Waals surface area contributed by atoms with E-state index in [1.54, 1.807) is 42.5 Å². The highest BCUT2D eigenvalue weighted by Gasteiger charge is 2.39. The number of nitrogens with zero attached hydrogens (tertiary/aromatic N) is 1. The average molecular weight is 428 g/mol. The summed E-state index contributed by atoms with van der Waals surface area (Å²) in [7, 11) is 0. The van der Waals surface area contributed by atoms with Crippen molar-refractivity contribution in [1.82, 2.24) is 4.90 Å². The number of hydrogen-bond acceptors (Lipinski definition) is 5. The second kappa shape index (κ2) is 8.02. The molecule has 9 heteroatoms. The van der Waals surface area contributed by atoms with Crippen LogP contribution in [0, 0.1) is 0 Å². The van der Waals surface area contributed by atoms with Gasteiger partial charge in [-0.25, -0.2) is 0 Å². The van der Waals surface area contributed by atoms with Crippen LogP contribution in [-0.2, 0) is 16.1 Å². The van der Waals surface area contributed by atoms with Crippen molar-refractivity contribution >= 4 is 23.1 Å². The third-order valence-corrected chi connectivity index (χ3v) is 4.48. The average Bonchev–Trinajstić information content (AvgIpc) is 3.32. The molecule has 0 fully saturated rings. The molecule has 2 amide bonds. The van der Waals surface area contributed by atoms with Gasteiger partial charge in [0.05, 0.1) is 18.4 Å². The SMILES string of the molecule is O=C1C(Nc2ccc(OC(F)(F)F)cc2)=C(c2ccccc2)C(=O)N1Cc1ccco1. The number of furan rings is 1. The smallest absolute Gasteiger partial charge is 0.467 e. The minimum atomic E-state index is -4.81. The predicted molar refractivity (Wildman–Crippen MR) is 104 cm³/mol. The molecule has 2 heterocycles. The monoisotopic (exact) mass is 428 g/mol. The summed E-state index contributed by atoms with van der Waals surface area (Å²) in [6.07, 6.45) is -3.37. The molecule has 1 N–H and O–H groups in total. The Balaban J connectivity index is 1.65. The number of ether oxygens (including phenoxy) is 1. The van der Waals surface area contributed by atoms with E-state index in [4.69, 9.17) is 4.42 Å². The number of halogens is 3. The molecule has 0 unspecified atom stereocenters. The number of imide groups is 1. The Morgan fingerprint density at radius 1 is 0.903 bits per heavy atom. The summed E-state index contributed by atoms with van der Waals surface area (Å²) in [5, 5.41) is 2.87. The minimum Gasteiger partial charge on any atom is -0.467 e. The molecule has 0 atom stereocenters. The Morgan fingerprint density at radius 2 is 1.61 bits per heavy atom. The predicted octanol–water partition coefficient (Wildman–Crippen LogP) is 4.57. The third-order valence-electron chi connectivity index (χ3n) is 4.48. The van der Waals surface area contributed by atoms with Crippen LogP contribution in [0.3, 0.4) is 0 Å². The fourth-order valence-electron chi connectivity index (χ4n) is 3.15. The lowest BCUT2D eigenvalue weighted by atomic mass is 10.0. The van der Waals surface area contributed by atoms with Gasteiger partial charge in [0.25, 0.3) is 11.8 Å². The van der Waals surface area contributed by atoms with Crippen LogP contribution in [0.15, 0.2) is 83.1 Å². The first-order chi connectivity index (χ1) is 14.8. The van der Waals surface area contributed by atoms with E-state index in [0.717, 1.165) is 17.0 Å². The third kappa shape index (κ3) is 4.45. The molecular weight excluding hydrogens is 413 g/mol. The maximum absolute atomic E-state index is 13.1. The first-order valence-electron chi connectivity index (χ1n) is 9.13. The molecule has 0 aliphatic carbocycles. The van der Waals surface area contributed by atoms with E-state index >= 15 is 0 Å². The number of carbonyl (C=O) groups is 2. The summed E-state index contributed by atoms with van der Waals surface area (Å²) in [6, 6.07) is 16.8. The van der Waals surface area contributed by atoms with Gasteiger partial charge < -0.3 is 14.5 Å². The topological polar surface area (TPSA) is 71.8 Å². The number of benzene rings is 2. The summed E-state index contributed by atoms with van der Waals surface area (Å²) in [5.74, 6) is -1.05. The lowest BCUT2D eigenvalue weighted by Gasteiger charge is -2.14. The molecule has 6 nitrogen and oxygen atoms in total. The summed E-state index contributed by atoms with van der Waals surface area (Å²) in [4.78, 5) is 27.2. The van der Waals surface area contributed by atoms with Crippen LogP contribution in [0.1, 0.15) is 11.3 Å². The van der Waals surface area contributed by atoms with Crippen LogP contribution in [0.25, 0.3) is 5.57 Å². The zero-order chi connectivity index (χ0) is 22.0. The van der Waals surface area contributed by atoms with Gasteiger partial charge in [0.2, 0.25) is 0 Å². The molecule has 1 aliphatic rings. The zero-order valence-electron chi connectivity index (χ0n) is 15.8. The van der Waals surface area contributed by atoms with Gasteiger partial charge in [0.1, 0.15) is 17.2 Å². The normalized spacial score (nSPS) is 14.4. The van der Waals surface area contributed by atoms with E-state index in [0.29, 0.717) is 17.0 Å². The van der Waals surface area contributed by atoms with Crippen molar-refractivity contribution in [3.8, 4) is 5.75 Å². The molecule has 4 rings (SSSR count). The number of anilines is 1. The van der Waals surface area contributed by atoms with Crippen molar-refractivity contribution in [2.24, 2.45) is 0 Å². The van der Waals surface area contributed by atoms with Crippen LogP contribution in [0.2, 0.25) is 0 Å². The van der Waals surface area contributed by atoms with Gasteiger partial charge in [0.15, 0.2) is 0 Å². The Labute approximate surface area is 174 Å².